The molecule has 1 aliphatic heterocycles. The van der Waals surface area contributed by atoms with Crippen LogP contribution in [0.15, 0.2) is 40.4 Å². The SMILES string of the molecule is CN1CC=C(C(C)(C)c2ccc(Br)cc2)CC1. The molecule has 1 nitrogen and oxygen atoms in total. The third-order valence-electron chi connectivity index (χ3n) is 3.78. The second-order valence-electron chi connectivity index (χ2n) is 5.37. The summed E-state index contributed by atoms with van der Waals surface area (Å²) in [6, 6.07) is 8.71. The van der Waals surface area contributed by atoms with Crippen LogP contribution < -0.4 is 0 Å². The fourth-order valence-corrected chi connectivity index (χ4v) is 2.65. The van der Waals surface area contributed by atoms with Gasteiger partial charge in [0.1, 0.15) is 0 Å². The third kappa shape index (κ3) is 2.80. The summed E-state index contributed by atoms with van der Waals surface area (Å²) in [5.74, 6) is 0. The van der Waals surface area contributed by atoms with Gasteiger partial charge in [0.05, 0.1) is 0 Å². The van der Waals surface area contributed by atoms with Crippen molar-refractivity contribution in [2.24, 2.45) is 0 Å². The molecule has 0 unspecified atom stereocenters. The summed E-state index contributed by atoms with van der Waals surface area (Å²) in [6.45, 7) is 6.90. The van der Waals surface area contributed by atoms with Gasteiger partial charge in [0.15, 0.2) is 0 Å². The molecular weight excluding hydrogens is 274 g/mol. The van der Waals surface area contributed by atoms with Crippen LogP contribution in [0.1, 0.15) is 25.8 Å². The van der Waals surface area contributed by atoms with Crippen LogP contribution in [-0.4, -0.2) is 25.0 Å². The van der Waals surface area contributed by atoms with Gasteiger partial charge in [-0.25, -0.2) is 0 Å². The summed E-state index contributed by atoms with van der Waals surface area (Å²) in [5, 5.41) is 0. The van der Waals surface area contributed by atoms with Gasteiger partial charge in [-0.3, -0.25) is 0 Å². The molecule has 1 aliphatic rings. The molecular formula is C15H20BrN. The van der Waals surface area contributed by atoms with Crippen LogP contribution in [0, 0.1) is 0 Å². The predicted octanol–water partition coefficient (Wildman–Crippen LogP) is 3.99. The topological polar surface area (TPSA) is 3.24 Å². The molecule has 0 saturated carbocycles. The Hall–Kier alpha value is -0.600. The largest absolute Gasteiger partial charge is 0.302 e. The summed E-state index contributed by atoms with van der Waals surface area (Å²) in [4.78, 5) is 2.36. The van der Waals surface area contributed by atoms with E-state index in [9.17, 15) is 0 Å². The van der Waals surface area contributed by atoms with Gasteiger partial charge >= 0.3 is 0 Å². The van der Waals surface area contributed by atoms with E-state index < -0.39 is 0 Å². The van der Waals surface area contributed by atoms with Crippen molar-refractivity contribution < 1.29 is 0 Å². The van der Waals surface area contributed by atoms with Gasteiger partial charge < -0.3 is 4.90 Å². The first kappa shape index (κ1) is 12.8. The predicted molar refractivity (Wildman–Crippen MR) is 77.4 cm³/mol. The van der Waals surface area contributed by atoms with Crippen molar-refractivity contribution >= 4 is 15.9 Å². The van der Waals surface area contributed by atoms with Gasteiger partial charge in [-0.15, -0.1) is 0 Å². The van der Waals surface area contributed by atoms with Crippen LogP contribution in [-0.2, 0) is 5.41 Å². The Bertz CT molecular complexity index is 417. The first-order valence-electron chi connectivity index (χ1n) is 6.14. The first-order chi connectivity index (χ1) is 8.00. The highest BCUT2D eigenvalue weighted by atomic mass is 79.9. The van der Waals surface area contributed by atoms with Crippen LogP contribution >= 0.6 is 15.9 Å². The summed E-state index contributed by atoms with van der Waals surface area (Å²) < 4.78 is 1.15. The summed E-state index contributed by atoms with van der Waals surface area (Å²) in [7, 11) is 2.18. The molecule has 0 aromatic heterocycles. The highest BCUT2D eigenvalue weighted by molar-refractivity contribution is 9.10. The third-order valence-corrected chi connectivity index (χ3v) is 4.31. The van der Waals surface area contributed by atoms with Crippen molar-refractivity contribution in [1.29, 1.82) is 0 Å². The zero-order valence-corrected chi connectivity index (χ0v) is 12.4. The number of hydrogen-bond acceptors (Lipinski definition) is 1. The fraction of sp³-hybridized carbons (Fsp3) is 0.467. The van der Waals surface area contributed by atoms with E-state index in [1.807, 2.05) is 0 Å². The Morgan fingerprint density at radius 1 is 1.18 bits per heavy atom. The molecule has 2 rings (SSSR count). The van der Waals surface area contributed by atoms with Crippen LogP contribution in [0.25, 0.3) is 0 Å². The Kier molecular flexibility index (Phi) is 3.74. The van der Waals surface area contributed by atoms with Crippen molar-refractivity contribution in [3.8, 4) is 0 Å². The lowest BCUT2D eigenvalue weighted by Crippen LogP contribution is -2.30. The van der Waals surface area contributed by atoms with Crippen LogP contribution in [0.4, 0.5) is 0 Å². The van der Waals surface area contributed by atoms with Crippen LogP contribution in [0.3, 0.4) is 0 Å². The zero-order chi connectivity index (χ0) is 12.5. The van der Waals surface area contributed by atoms with E-state index in [-0.39, 0.29) is 5.41 Å². The highest BCUT2D eigenvalue weighted by Crippen LogP contribution is 2.35. The molecule has 1 aromatic carbocycles. The lowest BCUT2D eigenvalue weighted by molar-refractivity contribution is 0.345. The molecule has 17 heavy (non-hydrogen) atoms. The molecule has 1 aromatic rings. The molecule has 0 aliphatic carbocycles. The van der Waals surface area contributed by atoms with Gasteiger partial charge in [-0.1, -0.05) is 53.6 Å². The number of hydrogen-bond donors (Lipinski definition) is 0. The van der Waals surface area contributed by atoms with Crippen molar-refractivity contribution in [3.63, 3.8) is 0 Å². The quantitative estimate of drug-likeness (QED) is 0.746. The molecule has 0 bridgehead atoms. The maximum atomic E-state index is 3.49. The van der Waals surface area contributed by atoms with E-state index in [0.717, 1.165) is 11.0 Å². The number of halogens is 1. The monoisotopic (exact) mass is 293 g/mol. The van der Waals surface area contributed by atoms with Crippen molar-refractivity contribution in [2.75, 3.05) is 20.1 Å². The summed E-state index contributed by atoms with van der Waals surface area (Å²) in [6.07, 6.45) is 3.57. The van der Waals surface area contributed by atoms with E-state index in [0.29, 0.717) is 0 Å². The van der Waals surface area contributed by atoms with Crippen LogP contribution in [0.5, 0.6) is 0 Å². The van der Waals surface area contributed by atoms with Gasteiger partial charge in [0.25, 0.3) is 0 Å². The standard InChI is InChI=1S/C15H20BrN/c1-15(2,12-4-6-14(16)7-5-12)13-8-10-17(3)11-9-13/h4-8H,9-11H2,1-3H3. The first-order valence-corrected chi connectivity index (χ1v) is 6.93. The van der Waals surface area contributed by atoms with Crippen LogP contribution in [0.2, 0.25) is 0 Å². The minimum atomic E-state index is 0.155. The van der Waals surface area contributed by atoms with Gasteiger partial charge in [-0.2, -0.15) is 0 Å². The minimum Gasteiger partial charge on any atom is -0.302 e. The molecule has 0 N–H and O–H groups in total. The second-order valence-corrected chi connectivity index (χ2v) is 6.29. The van der Waals surface area contributed by atoms with E-state index in [4.69, 9.17) is 0 Å². The smallest absolute Gasteiger partial charge is 0.0175 e. The molecule has 0 saturated heterocycles. The number of nitrogens with zero attached hydrogens (tertiary/aromatic N) is 1. The van der Waals surface area contributed by atoms with E-state index in [1.165, 1.54) is 18.5 Å². The Morgan fingerprint density at radius 3 is 2.35 bits per heavy atom. The minimum absolute atomic E-state index is 0.155. The number of likely N-dealkylation sites (N-methyl/N-ethyl adjacent to an activating group) is 1. The van der Waals surface area contributed by atoms with Crippen molar-refractivity contribution in [2.45, 2.75) is 25.7 Å². The van der Waals surface area contributed by atoms with Gasteiger partial charge in [0.2, 0.25) is 0 Å². The fourth-order valence-electron chi connectivity index (χ4n) is 2.39. The molecule has 92 valence electrons. The average Bonchev–Trinajstić information content (AvgIpc) is 2.30. The Morgan fingerprint density at radius 2 is 1.82 bits per heavy atom. The number of benzene rings is 1. The molecule has 0 radical (unpaired) electrons. The van der Waals surface area contributed by atoms with E-state index in [2.05, 4.69) is 72.1 Å². The van der Waals surface area contributed by atoms with Crippen molar-refractivity contribution in [3.05, 3.63) is 46.0 Å². The lowest BCUT2D eigenvalue weighted by atomic mass is 9.75. The van der Waals surface area contributed by atoms with Gasteiger partial charge in [-0.05, 0) is 31.2 Å². The van der Waals surface area contributed by atoms with E-state index >= 15 is 0 Å². The summed E-state index contributed by atoms with van der Waals surface area (Å²) >= 11 is 3.49. The highest BCUT2D eigenvalue weighted by Gasteiger charge is 2.26. The molecule has 1 heterocycles. The maximum absolute atomic E-state index is 3.49. The number of rotatable bonds is 2. The molecule has 0 amide bonds. The van der Waals surface area contributed by atoms with Gasteiger partial charge in [0, 0.05) is 23.0 Å². The molecule has 0 atom stereocenters. The zero-order valence-electron chi connectivity index (χ0n) is 10.8. The Labute approximate surface area is 113 Å². The molecule has 0 fully saturated rings. The summed E-state index contributed by atoms with van der Waals surface area (Å²) in [5.41, 5.74) is 3.12. The Balaban J connectivity index is 2.26. The second kappa shape index (κ2) is 4.95. The van der Waals surface area contributed by atoms with Crippen molar-refractivity contribution in [1.82, 2.24) is 4.90 Å². The normalized spacial score (nSPS) is 18.0. The molecule has 0 spiro atoms. The van der Waals surface area contributed by atoms with E-state index in [1.54, 1.807) is 5.57 Å². The lowest BCUT2D eigenvalue weighted by Gasteiger charge is -2.33. The average molecular weight is 294 g/mol. The maximum Gasteiger partial charge on any atom is 0.0175 e. The molecule has 2 heteroatoms.